The van der Waals surface area contributed by atoms with Gasteiger partial charge in [0.05, 0.1) is 10.6 Å². The quantitative estimate of drug-likeness (QED) is 0.312. The van der Waals surface area contributed by atoms with E-state index in [0.29, 0.717) is 12.6 Å². The van der Waals surface area contributed by atoms with E-state index in [1.54, 1.807) is 30.3 Å². The maximum absolute atomic E-state index is 13.1. The molecule has 1 aliphatic rings. The maximum Gasteiger partial charge on any atom is 0.326 e. The highest BCUT2D eigenvalue weighted by Crippen LogP contribution is 2.43. The third-order valence-electron chi connectivity index (χ3n) is 5.61. The van der Waals surface area contributed by atoms with Gasteiger partial charge < -0.3 is 25.2 Å². The van der Waals surface area contributed by atoms with E-state index in [4.69, 9.17) is 32.7 Å². The average molecular weight is 538 g/mol. The normalized spacial score (nSPS) is 16.7. The fourth-order valence-electron chi connectivity index (χ4n) is 3.91. The Labute approximate surface area is 219 Å². The summed E-state index contributed by atoms with van der Waals surface area (Å²) in [6, 6.07) is 9.26. The third kappa shape index (κ3) is 7.57. The van der Waals surface area contributed by atoms with Gasteiger partial charge in [0.2, 0.25) is 0 Å². The lowest BCUT2D eigenvalue weighted by atomic mass is 10.1. The minimum Gasteiger partial charge on any atom is -0.489 e. The molecule has 0 radical (unpaired) electrons. The van der Waals surface area contributed by atoms with Crippen molar-refractivity contribution < 1.29 is 29.0 Å². The molecule has 1 amide bonds. The first-order valence-electron chi connectivity index (χ1n) is 11.5. The minimum atomic E-state index is -1.24. The zero-order chi connectivity index (χ0) is 26.2. The van der Waals surface area contributed by atoms with Gasteiger partial charge in [-0.25, -0.2) is 4.79 Å². The molecular formula is C25H29Cl2N3O6. The van der Waals surface area contributed by atoms with Crippen molar-refractivity contribution in [1.82, 2.24) is 15.5 Å². The molecule has 1 saturated heterocycles. The number of esters is 1. The van der Waals surface area contributed by atoms with Crippen LogP contribution in [0.2, 0.25) is 10.0 Å². The van der Waals surface area contributed by atoms with Gasteiger partial charge in [-0.2, -0.15) is 0 Å². The number of ether oxygens (including phenoxy) is 2. The Kier molecular flexibility index (Phi) is 9.95. The number of amides is 1. The number of piperazine rings is 1. The number of hydrogen-bond donors (Lipinski definition) is 3. The van der Waals surface area contributed by atoms with Gasteiger partial charge in [0.25, 0.3) is 5.91 Å². The number of carboxylic acid groups (broad SMARTS) is 1. The summed E-state index contributed by atoms with van der Waals surface area (Å²) < 4.78 is 11.0. The van der Waals surface area contributed by atoms with Crippen LogP contribution in [0.5, 0.6) is 11.5 Å². The standard InChI is InChI=1S/C25H29Cl2N3O6/c1-15-14-30(9-8-28-15)10-11-35-23-19(26)13-18(22(21(23)27)36-16(2)31)24(32)29-20(25(33)34)12-17-6-4-3-5-7-17/h3-7,13,15,20,28H,8-12,14H2,1-2H3,(H,29,32)(H,33,34)/t15?,20-/m0/s1. The van der Waals surface area contributed by atoms with Gasteiger partial charge in [0, 0.05) is 45.6 Å². The van der Waals surface area contributed by atoms with Gasteiger partial charge >= 0.3 is 11.9 Å². The number of halogens is 2. The van der Waals surface area contributed by atoms with Crippen LogP contribution in [0, 0.1) is 0 Å². The maximum atomic E-state index is 13.1. The molecule has 0 aliphatic carbocycles. The van der Waals surface area contributed by atoms with E-state index < -0.39 is 23.9 Å². The average Bonchev–Trinajstić information content (AvgIpc) is 2.82. The number of hydrogen-bond acceptors (Lipinski definition) is 7. The van der Waals surface area contributed by atoms with Crippen molar-refractivity contribution in [1.29, 1.82) is 0 Å². The molecule has 194 valence electrons. The summed E-state index contributed by atoms with van der Waals surface area (Å²) in [5.74, 6) is -2.91. The smallest absolute Gasteiger partial charge is 0.326 e. The second-order valence-electron chi connectivity index (χ2n) is 8.53. The van der Waals surface area contributed by atoms with E-state index in [2.05, 4.69) is 22.5 Å². The zero-order valence-electron chi connectivity index (χ0n) is 20.1. The van der Waals surface area contributed by atoms with Crippen LogP contribution in [-0.2, 0) is 16.0 Å². The number of carbonyl (C=O) groups is 3. The van der Waals surface area contributed by atoms with Crippen molar-refractivity contribution in [2.24, 2.45) is 0 Å². The van der Waals surface area contributed by atoms with E-state index in [9.17, 15) is 19.5 Å². The molecule has 1 unspecified atom stereocenters. The fourth-order valence-corrected chi connectivity index (χ4v) is 4.51. The number of carboxylic acids is 1. The molecule has 2 atom stereocenters. The molecule has 11 heteroatoms. The van der Waals surface area contributed by atoms with Gasteiger partial charge in [-0.15, -0.1) is 0 Å². The van der Waals surface area contributed by atoms with Crippen molar-refractivity contribution in [3.05, 3.63) is 57.6 Å². The Morgan fingerprint density at radius 1 is 1.22 bits per heavy atom. The molecule has 1 heterocycles. The van der Waals surface area contributed by atoms with Crippen molar-refractivity contribution in [2.45, 2.75) is 32.4 Å². The number of nitrogens with one attached hydrogen (secondary N) is 2. The molecule has 0 bridgehead atoms. The minimum absolute atomic E-state index is 0.0321. The van der Waals surface area contributed by atoms with Crippen LogP contribution in [0.1, 0.15) is 29.8 Å². The third-order valence-corrected chi connectivity index (χ3v) is 6.24. The van der Waals surface area contributed by atoms with Crippen LogP contribution in [-0.4, -0.2) is 72.7 Å². The van der Waals surface area contributed by atoms with Crippen LogP contribution in [0.4, 0.5) is 0 Å². The lowest BCUT2D eigenvalue weighted by Gasteiger charge is -2.31. The Morgan fingerprint density at radius 2 is 1.94 bits per heavy atom. The van der Waals surface area contributed by atoms with Crippen LogP contribution in [0.25, 0.3) is 0 Å². The second-order valence-corrected chi connectivity index (χ2v) is 9.32. The van der Waals surface area contributed by atoms with Crippen molar-refractivity contribution in [2.75, 3.05) is 32.8 Å². The monoisotopic (exact) mass is 537 g/mol. The molecular weight excluding hydrogens is 509 g/mol. The van der Waals surface area contributed by atoms with Crippen molar-refractivity contribution in [3.63, 3.8) is 0 Å². The van der Waals surface area contributed by atoms with Crippen LogP contribution in [0.15, 0.2) is 36.4 Å². The SMILES string of the molecule is CC(=O)Oc1c(C(=O)N[C@@H](Cc2ccccc2)C(=O)O)cc(Cl)c(OCCN2CCNC(C)C2)c1Cl. The fraction of sp³-hybridized carbons (Fsp3) is 0.400. The summed E-state index contributed by atoms with van der Waals surface area (Å²) in [4.78, 5) is 38.9. The van der Waals surface area contributed by atoms with E-state index in [1.807, 2.05) is 0 Å². The van der Waals surface area contributed by atoms with E-state index in [1.165, 1.54) is 6.07 Å². The summed E-state index contributed by atoms with van der Waals surface area (Å²) >= 11 is 12.9. The first kappa shape index (κ1) is 27.7. The zero-order valence-corrected chi connectivity index (χ0v) is 21.6. The van der Waals surface area contributed by atoms with E-state index >= 15 is 0 Å². The van der Waals surface area contributed by atoms with Gasteiger partial charge in [0.1, 0.15) is 17.7 Å². The highest BCUT2D eigenvalue weighted by atomic mass is 35.5. The summed E-state index contributed by atoms with van der Waals surface area (Å²) in [7, 11) is 0. The van der Waals surface area contributed by atoms with Crippen molar-refractivity contribution >= 4 is 41.0 Å². The molecule has 0 spiro atoms. The predicted octanol–water partition coefficient (Wildman–Crippen LogP) is 3.02. The lowest BCUT2D eigenvalue weighted by Crippen LogP contribution is -2.50. The number of rotatable bonds is 10. The van der Waals surface area contributed by atoms with Crippen LogP contribution < -0.4 is 20.1 Å². The summed E-state index contributed by atoms with van der Waals surface area (Å²) in [5.41, 5.74) is 0.548. The Bertz CT molecular complexity index is 1100. The molecule has 2 aromatic rings. The number of benzene rings is 2. The lowest BCUT2D eigenvalue weighted by molar-refractivity contribution is -0.139. The molecule has 0 saturated carbocycles. The summed E-state index contributed by atoms with van der Waals surface area (Å²) in [6.07, 6.45) is 0.0537. The first-order chi connectivity index (χ1) is 17.2. The number of carbonyl (C=O) groups excluding carboxylic acids is 2. The molecule has 3 rings (SSSR count). The van der Waals surface area contributed by atoms with E-state index in [0.717, 1.165) is 32.1 Å². The molecule has 36 heavy (non-hydrogen) atoms. The molecule has 1 fully saturated rings. The molecule has 2 aromatic carbocycles. The number of aliphatic carboxylic acids is 1. The summed E-state index contributed by atoms with van der Waals surface area (Å²) in [5, 5.41) is 15.3. The Morgan fingerprint density at radius 3 is 2.58 bits per heavy atom. The van der Waals surface area contributed by atoms with Gasteiger partial charge in [-0.3, -0.25) is 14.5 Å². The van der Waals surface area contributed by atoms with E-state index in [-0.39, 0.29) is 40.1 Å². The first-order valence-corrected chi connectivity index (χ1v) is 12.3. The topological polar surface area (TPSA) is 117 Å². The molecule has 0 aromatic heterocycles. The Balaban J connectivity index is 1.79. The number of nitrogens with zero attached hydrogens (tertiary/aromatic N) is 1. The Hall–Kier alpha value is -2.85. The van der Waals surface area contributed by atoms with Gasteiger partial charge in [-0.05, 0) is 18.6 Å². The second kappa shape index (κ2) is 12.9. The molecule has 9 nitrogen and oxygen atoms in total. The van der Waals surface area contributed by atoms with Crippen LogP contribution >= 0.6 is 23.2 Å². The van der Waals surface area contributed by atoms with Gasteiger partial charge in [0.15, 0.2) is 11.5 Å². The highest BCUT2D eigenvalue weighted by molar-refractivity contribution is 6.39. The molecule has 1 aliphatic heterocycles. The van der Waals surface area contributed by atoms with Gasteiger partial charge in [-0.1, -0.05) is 53.5 Å². The van der Waals surface area contributed by atoms with Crippen molar-refractivity contribution in [3.8, 4) is 11.5 Å². The predicted molar refractivity (Wildman–Crippen MR) is 136 cm³/mol. The summed E-state index contributed by atoms with van der Waals surface area (Å²) in [6.45, 7) is 6.79. The largest absolute Gasteiger partial charge is 0.489 e. The molecule has 3 N–H and O–H groups in total. The highest BCUT2D eigenvalue weighted by Gasteiger charge is 2.28. The van der Waals surface area contributed by atoms with Crippen LogP contribution in [0.3, 0.4) is 0 Å².